The number of hydrogen-bond donors (Lipinski definition) is 0. The first-order valence-corrected chi connectivity index (χ1v) is 8.71. The fraction of sp³-hybridized carbons (Fsp3) is 0.211. The minimum absolute atomic E-state index is 0.00119. The second kappa shape index (κ2) is 7.89. The second-order valence-electron chi connectivity index (χ2n) is 5.90. The van der Waals surface area contributed by atoms with Gasteiger partial charge in [-0.3, -0.25) is 14.4 Å². The van der Waals surface area contributed by atoms with Gasteiger partial charge in [0, 0.05) is 23.6 Å². The van der Waals surface area contributed by atoms with E-state index in [9.17, 15) is 14.4 Å². The summed E-state index contributed by atoms with van der Waals surface area (Å²) < 4.78 is 5.10. The molecular weight excluding hydrogens is 377 g/mol. The molecule has 0 N–H and O–H groups in total. The average Bonchev–Trinajstić information content (AvgIpc) is 3.03. The molecule has 2 aromatic carbocycles. The van der Waals surface area contributed by atoms with Crippen LogP contribution in [0.5, 0.6) is 0 Å². The summed E-state index contributed by atoms with van der Waals surface area (Å²) in [5.74, 6) is -1.77. The van der Waals surface area contributed by atoms with Gasteiger partial charge in [0.05, 0.1) is 16.6 Å². The third kappa shape index (κ3) is 4.06. The third-order valence-electron chi connectivity index (χ3n) is 4.10. The van der Waals surface area contributed by atoms with Crippen molar-refractivity contribution in [2.24, 2.45) is 5.92 Å². The average molecular weight is 392 g/mol. The zero-order valence-corrected chi connectivity index (χ0v) is 15.2. The van der Waals surface area contributed by atoms with Gasteiger partial charge in [0.1, 0.15) is 0 Å². The Kier molecular flexibility index (Phi) is 5.59. The van der Waals surface area contributed by atoms with Crippen molar-refractivity contribution in [3.05, 3.63) is 64.1 Å². The van der Waals surface area contributed by atoms with Gasteiger partial charge in [-0.2, -0.15) is 0 Å². The summed E-state index contributed by atoms with van der Waals surface area (Å²) in [5, 5.41) is 0.813. The molecule has 26 heavy (non-hydrogen) atoms. The number of anilines is 1. The molecule has 0 radical (unpaired) electrons. The lowest BCUT2D eigenvalue weighted by Gasteiger charge is -2.18. The van der Waals surface area contributed by atoms with Crippen molar-refractivity contribution in [2.45, 2.75) is 6.42 Å². The number of halogens is 2. The van der Waals surface area contributed by atoms with Gasteiger partial charge in [0.15, 0.2) is 12.4 Å². The van der Waals surface area contributed by atoms with Gasteiger partial charge in [-0.1, -0.05) is 53.5 Å². The maximum Gasteiger partial charge on any atom is 0.311 e. The van der Waals surface area contributed by atoms with Gasteiger partial charge in [-0.25, -0.2) is 0 Å². The number of rotatable bonds is 5. The molecule has 1 atom stereocenters. The maximum absolute atomic E-state index is 12.3. The van der Waals surface area contributed by atoms with Crippen LogP contribution in [0.25, 0.3) is 0 Å². The quantitative estimate of drug-likeness (QED) is 0.574. The Labute approximate surface area is 160 Å². The van der Waals surface area contributed by atoms with E-state index in [1.807, 2.05) is 0 Å². The number of carbonyl (C=O) groups excluding carboxylic acids is 3. The van der Waals surface area contributed by atoms with E-state index in [1.54, 1.807) is 48.5 Å². The molecule has 1 fully saturated rings. The lowest BCUT2D eigenvalue weighted by molar-refractivity contribution is -0.147. The predicted octanol–water partition coefficient (Wildman–Crippen LogP) is 3.77. The van der Waals surface area contributed by atoms with Crippen LogP contribution in [0.15, 0.2) is 48.5 Å². The number of benzene rings is 2. The Bertz CT molecular complexity index is 854. The molecule has 0 aliphatic carbocycles. The number of Topliss-reactive ketones (excluding diaryl/α,β-unsaturated/α-hetero) is 1. The van der Waals surface area contributed by atoms with Crippen molar-refractivity contribution in [1.82, 2.24) is 0 Å². The van der Waals surface area contributed by atoms with Gasteiger partial charge in [-0.05, 0) is 18.2 Å². The first kappa shape index (κ1) is 18.4. The summed E-state index contributed by atoms with van der Waals surface area (Å²) in [6, 6.07) is 13.4. The highest BCUT2D eigenvalue weighted by Crippen LogP contribution is 2.33. The summed E-state index contributed by atoms with van der Waals surface area (Å²) in [6.45, 7) is -0.220. The summed E-state index contributed by atoms with van der Waals surface area (Å²) in [4.78, 5) is 37.9. The van der Waals surface area contributed by atoms with Crippen molar-refractivity contribution in [3.8, 4) is 0 Å². The van der Waals surface area contributed by atoms with Crippen LogP contribution in [0.2, 0.25) is 10.0 Å². The van der Waals surface area contributed by atoms with Gasteiger partial charge >= 0.3 is 5.97 Å². The van der Waals surface area contributed by atoms with Gasteiger partial charge < -0.3 is 9.64 Å². The number of hydrogen-bond acceptors (Lipinski definition) is 4. The number of carbonyl (C=O) groups is 3. The van der Waals surface area contributed by atoms with Gasteiger partial charge in [0.25, 0.3) is 0 Å². The van der Waals surface area contributed by atoms with E-state index in [0.29, 0.717) is 21.3 Å². The molecule has 134 valence electrons. The molecule has 5 nitrogen and oxygen atoms in total. The third-order valence-corrected chi connectivity index (χ3v) is 4.65. The van der Waals surface area contributed by atoms with E-state index in [0.717, 1.165) is 0 Å². The normalized spacial score (nSPS) is 16.6. The van der Waals surface area contributed by atoms with Crippen LogP contribution in [0.4, 0.5) is 5.69 Å². The molecule has 0 bridgehead atoms. The number of nitrogens with zero attached hydrogens (tertiary/aromatic N) is 1. The molecule has 0 unspecified atom stereocenters. The SMILES string of the molecule is O=C(COC(=O)[C@H]1CC(=O)N(c2cc(Cl)ccc2Cl)C1)c1ccccc1. The minimum atomic E-state index is -0.652. The maximum atomic E-state index is 12.3. The van der Waals surface area contributed by atoms with Crippen molar-refractivity contribution >= 4 is 46.5 Å². The zero-order chi connectivity index (χ0) is 18.7. The van der Waals surface area contributed by atoms with Gasteiger partial charge in [-0.15, -0.1) is 0 Å². The molecule has 0 aromatic heterocycles. The van der Waals surface area contributed by atoms with Crippen LogP contribution in [0, 0.1) is 5.92 Å². The Balaban J connectivity index is 1.62. The molecule has 7 heteroatoms. The second-order valence-corrected chi connectivity index (χ2v) is 6.74. The van der Waals surface area contributed by atoms with Crippen molar-refractivity contribution < 1.29 is 19.1 Å². The van der Waals surface area contributed by atoms with E-state index in [4.69, 9.17) is 27.9 Å². The fourth-order valence-corrected chi connectivity index (χ4v) is 3.14. The van der Waals surface area contributed by atoms with Crippen molar-refractivity contribution in [3.63, 3.8) is 0 Å². The molecule has 3 rings (SSSR count). The summed E-state index contributed by atoms with van der Waals surface area (Å²) in [5.41, 5.74) is 0.926. The summed E-state index contributed by atoms with van der Waals surface area (Å²) >= 11 is 12.1. The first-order chi connectivity index (χ1) is 12.5. The van der Waals surface area contributed by atoms with E-state index < -0.39 is 11.9 Å². The lowest BCUT2D eigenvalue weighted by Crippen LogP contribution is -2.27. The molecule has 1 saturated heterocycles. The van der Waals surface area contributed by atoms with E-state index in [1.165, 1.54) is 4.90 Å². The molecule has 1 aliphatic rings. The topological polar surface area (TPSA) is 63.7 Å². The van der Waals surface area contributed by atoms with E-state index >= 15 is 0 Å². The Hall–Kier alpha value is -2.37. The Morgan fingerprint density at radius 3 is 2.58 bits per heavy atom. The van der Waals surface area contributed by atoms with Crippen LogP contribution in [0.1, 0.15) is 16.8 Å². The highest BCUT2D eigenvalue weighted by molar-refractivity contribution is 6.35. The Morgan fingerprint density at radius 2 is 1.85 bits per heavy atom. The molecule has 2 aromatic rings. The number of ether oxygens (including phenoxy) is 1. The molecule has 1 amide bonds. The molecule has 0 saturated carbocycles. The van der Waals surface area contributed by atoms with E-state index in [2.05, 4.69) is 0 Å². The van der Waals surface area contributed by atoms with Crippen molar-refractivity contribution in [1.29, 1.82) is 0 Å². The molecule has 1 aliphatic heterocycles. The largest absolute Gasteiger partial charge is 0.457 e. The highest BCUT2D eigenvalue weighted by atomic mass is 35.5. The van der Waals surface area contributed by atoms with E-state index in [-0.39, 0.29) is 31.3 Å². The molecular formula is C19H15Cl2NO4. The van der Waals surface area contributed by atoms with Crippen molar-refractivity contribution in [2.75, 3.05) is 18.1 Å². The van der Waals surface area contributed by atoms with Gasteiger partial charge in [0.2, 0.25) is 5.91 Å². The van der Waals surface area contributed by atoms with Crippen LogP contribution in [-0.4, -0.2) is 30.8 Å². The highest BCUT2D eigenvalue weighted by Gasteiger charge is 2.37. The number of amides is 1. The monoisotopic (exact) mass is 391 g/mol. The minimum Gasteiger partial charge on any atom is -0.457 e. The lowest BCUT2D eigenvalue weighted by atomic mass is 10.1. The van der Waals surface area contributed by atoms with Crippen LogP contribution in [0.3, 0.4) is 0 Å². The zero-order valence-electron chi connectivity index (χ0n) is 13.7. The Morgan fingerprint density at radius 1 is 1.12 bits per heavy atom. The summed E-state index contributed by atoms with van der Waals surface area (Å²) in [6.07, 6.45) is 0.00119. The summed E-state index contributed by atoms with van der Waals surface area (Å²) in [7, 11) is 0. The first-order valence-electron chi connectivity index (χ1n) is 7.96. The molecule has 1 heterocycles. The number of ketones is 1. The van der Waals surface area contributed by atoms with Crippen LogP contribution in [-0.2, 0) is 14.3 Å². The fourth-order valence-electron chi connectivity index (χ4n) is 2.75. The smallest absolute Gasteiger partial charge is 0.311 e. The van der Waals surface area contributed by atoms with Crippen LogP contribution < -0.4 is 4.90 Å². The molecule has 0 spiro atoms. The van der Waals surface area contributed by atoms with Crippen LogP contribution >= 0.6 is 23.2 Å². The number of esters is 1. The standard InChI is InChI=1S/C19H15Cl2NO4/c20-14-6-7-15(21)16(9-14)22-10-13(8-18(22)24)19(25)26-11-17(23)12-4-2-1-3-5-12/h1-7,9,13H,8,10-11H2/t13-/m0/s1. The predicted molar refractivity (Wildman–Crippen MR) is 98.7 cm³/mol.